The highest BCUT2D eigenvalue weighted by Gasteiger charge is 2.10. The fraction of sp³-hybridized carbons (Fsp3) is 0.316. The maximum absolute atomic E-state index is 11.8. The van der Waals surface area contributed by atoms with Gasteiger partial charge in [-0.3, -0.25) is 9.69 Å². The number of hydrogen-bond acceptors (Lipinski definition) is 4. The molecule has 2 aromatic rings. The highest BCUT2D eigenvalue weighted by Crippen LogP contribution is 2.11. The summed E-state index contributed by atoms with van der Waals surface area (Å²) in [5, 5.41) is 4.91. The van der Waals surface area contributed by atoms with E-state index in [0.29, 0.717) is 6.54 Å². The van der Waals surface area contributed by atoms with Crippen LogP contribution in [0.4, 0.5) is 0 Å². The maximum Gasteiger partial charge on any atom is 0.244 e. The molecule has 0 aliphatic carbocycles. The van der Waals surface area contributed by atoms with Gasteiger partial charge in [0, 0.05) is 37.1 Å². The molecule has 3 rings (SSSR count). The van der Waals surface area contributed by atoms with Gasteiger partial charge in [-0.25, -0.2) is 0 Å². The molecule has 5 heteroatoms. The SMILES string of the molecule is O=C(/C=C/c1cccs1)NCc1ccc(CN2CCOCC2)cc1. The second kappa shape index (κ2) is 8.78. The topological polar surface area (TPSA) is 41.6 Å². The number of ether oxygens (including phenoxy) is 1. The van der Waals surface area contributed by atoms with Crippen LogP contribution in [0.15, 0.2) is 47.9 Å². The van der Waals surface area contributed by atoms with Crippen molar-refractivity contribution in [2.45, 2.75) is 13.1 Å². The van der Waals surface area contributed by atoms with Crippen molar-refractivity contribution in [1.82, 2.24) is 10.2 Å². The molecular weight excluding hydrogens is 320 g/mol. The van der Waals surface area contributed by atoms with Crippen molar-refractivity contribution in [2.24, 2.45) is 0 Å². The molecule has 1 fully saturated rings. The van der Waals surface area contributed by atoms with Gasteiger partial charge in [0.15, 0.2) is 0 Å². The molecule has 1 aromatic carbocycles. The summed E-state index contributed by atoms with van der Waals surface area (Å²) in [4.78, 5) is 15.3. The monoisotopic (exact) mass is 342 g/mol. The molecule has 2 heterocycles. The molecule has 4 nitrogen and oxygen atoms in total. The van der Waals surface area contributed by atoms with Crippen LogP contribution < -0.4 is 5.32 Å². The Labute approximate surface area is 146 Å². The summed E-state index contributed by atoms with van der Waals surface area (Å²) in [6.07, 6.45) is 3.42. The minimum atomic E-state index is -0.0687. The summed E-state index contributed by atoms with van der Waals surface area (Å²) in [6.45, 7) is 5.14. The number of benzene rings is 1. The van der Waals surface area contributed by atoms with E-state index in [0.717, 1.165) is 43.3 Å². The van der Waals surface area contributed by atoms with Gasteiger partial charge >= 0.3 is 0 Å². The Morgan fingerprint density at radius 3 is 2.62 bits per heavy atom. The molecule has 0 atom stereocenters. The van der Waals surface area contributed by atoms with E-state index in [-0.39, 0.29) is 5.91 Å². The largest absolute Gasteiger partial charge is 0.379 e. The van der Waals surface area contributed by atoms with Crippen LogP contribution in [0.1, 0.15) is 16.0 Å². The minimum absolute atomic E-state index is 0.0687. The summed E-state index contributed by atoms with van der Waals surface area (Å²) in [5.74, 6) is -0.0687. The smallest absolute Gasteiger partial charge is 0.244 e. The second-order valence-corrected chi connectivity index (χ2v) is 6.75. The van der Waals surface area contributed by atoms with Gasteiger partial charge in [-0.05, 0) is 28.6 Å². The van der Waals surface area contributed by atoms with Crippen LogP contribution in [0.2, 0.25) is 0 Å². The Morgan fingerprint density at radius 2 is 1.92 bits per heavy atom. The van der Waals surface area contributed by atoms with Gasteiger partial charge in [0.1, 0.15) is 0 Å². The Balaban J connectivity index is 1.44. The third-order valence-corrected chi connectivity index (χ3v) is 4.78. The Morgan fingerprint density at radius 1 is 1.17 bits per heavy atom. The van der Waals surface area contributed by atoms with Crippen molar-refractivity contribution in [3.05, 3.63) is 63.9 Å². The molecule has 1 aromatic heterocycles. The van der Waals surface area contributed by atoms with E-state index in [1.807, 2.05) is 23.6 Å². The van der Waals surface area contributed by atoms with E-state index in [4.69, 9.17) is 4.74 Å². The van der Waals surface area contributed by atoms with E-state index in [9.17, 15) is 4.79 Å². The molecular formula is C19H22N2O2S. The number of thiophene rings is 1. The summed E-state index contributed by atoms with van der Waals surface area (Å²) >= 11 is 1.62. The number of nitrogens with one attached hydrogen (secondary N) is 1. The van der Waals surface area contributed by atoms with Crippen molar-refractivity contribution in [2.75, 3.05) is 26.3 Å². The Bertz CT molecular complexity index is 659. The lowest BCUT2D eigenvalue weighted by atomic mass is 10.1. The zero-order valence-corrected chi connectivity index (χ0v) is 14.4. The van der Waals surface area contributed by atoms with Crippen LogP contribution in [-0.4, -0.2) is 37.1 Å². The third-order valence-electron chi connectivity index (χ3n) is 3.94. The van der Waals surface area contributed by atoms with Crippen molar-refractivity contribution >= 4 is 23.3 Å². The molecule has 0 bridgehead atoms. The number of amides is 1. The molecule has 0 spiro atoms. The van der Waals surface area contributed by atoms with Crippen LogP contribution in [0.3, 0.4) is 0 Å². The minimum Gasteiger partial charge on any atom is -0.379 e. The molecule has 1 amide bonds. The van der Waals surface area contributed by atoms with E-state index in [2.05, 4.69) is 34.5 Å². The molecule has 126 valence electrons. The molecule has 0 radical (unpaired) electrons. The van der Waals surface area contributed by atoms with Gasteiger partial charge in [-0.1, -0.05) is 30.3 Å². The number of carbonyl (C=O) groups excluding carboxylic acids is 1. The highest BCUT2D eigenvalue weighted by molar-refractivity contribution is 7.10. The summed E-state index contributed by atoms with van der Waals surface area (Å²) in [5.41, 5.74) is 2.41. The lowest BCUT2D eigenvalue weighted by Crippen LogP contribution is -2.35. The highest BCUT2D eigenvalue weighted by atomic mass is 32.1. The molecule has 0 saturated carbocycles. The van der Waals surface area contributed by atoms with Crippen molar-refractivity contribution in [3.63, 3.8) is 0 Å². The van der Waals surface area contributed by atoms with Crippen LogP contribution in [0.25, 0.3) is 6.08 Å². The van der Waals surface area contributed by atoms with Gasteiger partial charge in [0.2, 0.25) is 5.91 Å². The molecule has 1 N–H and O–H groups in total. The van der Waals surface area contributed by atoms with Crippen molar-refractivity contribution in [1.29, 1.82) is 0 Å². The van der Waals surface area contributed by atoms with E-state index in [1.165, 1.54) is 5.56 Å². The first-order valence-corrected chi connectivity index (χ1v) is 9.05. The van der Waals surface area contributed by atoms with Gasteiger partial charge in [-0.15, -0.1) is 11.3 Å². The number of morpholine rings is 1. The zero-order chi connectivity index (χ0) is 16.6. The second-order valence-electron chi connectivity index (χ2n) is 5.77. The summed E-state index contributed by atoms with van der Waals surface area (Å²) in [7, 11) is 0. The van der Waals surface area contributed by atoms with Crippen LogP contribution in [0, 0.1) is 0 Å². The number of nitrogens with zero attached hydrogens (tertiary/aromatic N) is 1. The van der Waals surface area contributed by atoms with E-state index >= 15 is 0 Å². The number of hydrogen-bond donors (Lipinski definition) is 1. The number of carbonyl (C=O) groups is 1. The predicted octanol–water partition coefficient (Wildman–Crippen LogP) is 2.91. The average Bonchev–Trinajstić information content (AvgIpc) is 3.14. The molecule has 0 unspecified atom stereocenters. The first-order chi connectivity index (χ1) is 11.8. The van der Waals surface area contributed by atoms with E-state index in [1.54, 1.807) is 17.4 Å². The van der Waals surface area contributed by atoms with Crippen LogP contribution in [0.5, 0.6) is 0 Å². The fourth-order valence-electron chi connectivity index (χ4n) is 2.57. The molecule has 1 aliphatic rings. The summed E-state index contributed by atoms with van der Waals surface area (Å²) < 4.78 is 5.37. The zero-order valence-electron chi connectivity index (χ0n) is 13.6. The van der Waals surface area contributed by atoms with Gasteiger partial charge < -0.3 is 10.1 Å². The first kappa shape index (κ1) is 16.9. The van der Waals surface area contributed by atoms with Crippen molar-refractivity contribution < 1.29 is 9.53 Å². The lowest BCUT2D eigenvalue weighted by Gasteiger charge is -2.26. The third kappa shape index (κ3) is 5.30. The Hall–Kier alpha value is -1.95. The first-order valence-electron chi connectivity index (χ1n) is 8.17. The van der Waals surface area contributed by atoms with Gasteiger partial charge in [0.25, 0.3) is 0 Å². The molecule has 24 heavy (non-hydrogen) atoms. The normalized spacial score (nSPS) is 15.7. The molecule has 1 saturated heterocycles. The predicted molar refractivity (Wildman–Crippen MR) is 97.7 cm³/mol. The fourth-order valence-corrected chi connectivity index (χ4v) is 3.19. The van der Waals surface area contributed by atoms with Crippen LogP contribution in [-0.2, 0) is 22.6 Å². The van der Waals surface area contributed by atoms with Crippen LogP contribution >= 0.6 is 11.3 Å². The summed E-state index contributed by atoms with van der Waals surface area (Å²) in [6, 6.07) is 12.4. The van der Waals surface area contributed by atoms with Gasteiger partial charge in [-0.2, -0.15) is 0 Å². The van der Waals surface area contributed by atoms with E-state index < -0.39 is 0 Å². The maximum atomic E-state index is 11.8. The van der Waals surface area contributed by atoms with Gasteiger partial charge in [0.05, 0.1) is 13.2 Å². The standard InChI is InChI=1S/C19H22N2O2S/c22-19(8-7-18-2-1-13-24-18)20-14-16-3-5-17(6-4-16)15-21-9-11-23-12-10-21/h1-8,13H,9-12,14-15H2,(H,20,22)/b8-7+. The number of rotatable bonds is 6. The Kier molecular flexibility index (Phi) is 6.18. The van der Waals surface area contributed by atoms with Crippen molar-refractivity contribution in [3.8, 4) is 0 Å². The molecule has 1 aliphatic heterocycles. The average molecular weight is 342 g/mol. The quantitative estimate of drug-likeness (QED) is 0.821. The lowest BCUT2D eigenvalue weighted by molar-refractivity contribution is -0.116.